The molecule has 0 heterocycles. The molecule has 37 heavy (non-hydrogen) atoms. The second-order valence-electron chi connectivity index (χ2n) is 8.68. The van der Waals surface area contributed by atoms with Crippen molar-refractivity contribution in [1.82, 2.24) is 10.2 Å². The molecule has 2 rings (SSSR count). The zero-order valence-corrected chi connectivity index (χ0v) is 23.3. The summed E-state index contributed by atoms with van der Waals surface area (Å²) in [5.41, 5.74) is 0.958. The van der Waals surface area contributed by atoms with E-state index < -0.39 is 28.5 Å². The number of carbonyl (C=O) groups is 2. The van der Waals surface area contributed by atoms with Crippen LogP contribution in [0, 0.1) is 0 Å². The van der Waals surface area contributed by atoms with Gasteiger partial charge in [-0.05, 0) is 50.1 Å². The van der Waals surface area contributed by atoms with E-state index in [0.717, 1.165) is 22.5 Å². The molecule has 10 nitrogen and oxygen atoms in total. The molecule has 0 aromatic heterocycles. The van der Waals surface area contributed by atoms with Crippen molar-refractivity contribution in [3.8, 4) is 17.2 Å². The molecule has 11 heteroatoms. The highest BCUT2D eigenvalue weighted by Crippen LogP contribution is 2.32. The van der Waals surface area contributed by atoms with Gasteiger partial charge < -0.3 is 24.4 Å². The maximum absolute atomic E-state index is 13.7. The quantitative estimate of drug-likeness (QED) is 0.419. The van der Waals surface area contributed by atoms with Gasteiger partial charge in [0.2, 0.25) is 21.8 Å². The second kappa shape index (κ2) is 13.2. The molecule has 0 fully saturated rings. The fourth-order valence-electron chi connectivity index (χ4n) is 3.61. The van der Waals surface area contributed by atoms with Gasteiger partial charge in [-0.15, -0.1) is 0 Å². The largest absolute Gasteiger partial charge is 0.497 e. The summed E-state index contributed by atoms with van der Waals surface area (Å²) in [7, 11) is 0.570. The number of nitrogens with zero attached hydrogens (tertiary/aromatic N) is 2. The molecule has 2 aromatic rings. The van der Waals surface area contributed by atoms with Crippen LogP contribution in [0.1, 0.15) is 32.8 Å². The first-order chi connectivity index (χ1) is 17.4. The first kappa shape index (κ1) is 29.8. The number of nitrogens with one attached hydrogen (secondary N) is 1. The van der Waals surface area contributed by atoms with Crippen LogP contribution in [0.4, 0.5) is 5.69 Å². The van der Waals surface area contributed by atoms with E-state index in [4.69, 9.17) is 14.2 Å². The third-order valence-corrected chi connectivity index (χ3v) is 7.13. The Morgan fingerprint density at radius 2 is 1.65 bits per heavy atom. The van der Waals surface area contributed by atoms with Crippen molar-refractivity contribution in [3.05, 3.63) is 48.0 Å². The predicted octanol–water partition coefficient (Wildman–Crippen LogP) is 2.81. The highest BCUT2D eigenvalue weighted by Gasteiger charge is 2.31. The monoisotopic (exact) mass is 535 g/mol. The van der Waals surface area contributed by atoms with E-state index in [1.165, 1.54) is 38.4 Å². The molecular formula is C26H37N3O7S. The van der Waals surface area contributed by atoms with Gasteiger partial charge in [0.25, 0.3) is 0 Å². The van der Waals surface area contributed by atoms with Crippen LogP contribution in [-0.2, 0) is 26.2 Å². The van der Waals surface area contributed by atoms with Crippen LogP contribution < -0.4 is 23.8 Å². The number of methoxy groups -OCH3 is 3. The Morgan fingerprint density at radius 3 is 2.22 bits per heavy atom. The van der Waals surface area contributed by atoms with Crippen LogP contribution in [0.15, 0.2) is 42.5 Å². The maximum Gasteiger partial charge on any atom is 0.244 e. The van der Waals surface area contributed by atoms with Crippen molar-refractivity contribution in [2.75, 3.05) is 38.4 Å². The van der Waals surface area contributed by atoms with Crippen molar-refractivity contribution < 1.29 is 32.2 Å². The van der Waals surface area contributed by atoms with Crippen LogP contribution >= 0.6 is 0 Å². The summed E-state index contributed by atoms with van der Waals surface area (Å²) in [4.78, 5) is 28.0. The van der Waals surface area contributed by atoms with Crippen LogP contribution in [-0.4, -0.2) is 71.3 Å². The number of hydrogen-bond acceptors (Lipinski definition) is 7. The SMILES string of the molecule is CCC(C)NC(=O)C(C)N(Cc1cccc(OC)c1)C(=O)CN(c1ccc(OC)c(OC)c1)S(C)(=O)=O. The molecule has 0 spiro atoms. The minimum Gasteiger partial charge on any atom is -0.497 e. The molecule has 2 aromatic carbocycles. The molecule has 0 aliphatic heterocycles. The van der Waals surface area contributed by atoms with Gasteiger partial charge >= 0.3 is 0 Å². The van der Waals surface area contributed by atoms with E-state index in [1.54, 1.807) is 31.2 Å². The van der Waals surface area contributed by atoms with Crippen molar-refractivity contribution in [2.24, 2.45) is 0 Å². The number of amides is 2. The zero-order valence-electron chi connectivity index (χ0n) is 22.5. The van der Waals surface area contributed by atoms with Crippen molar-refractivity contribution in [1.29, 1.82) is 0 Å². The fourth-order valence-corrected chi connectivity index (χ4v) is 4.45. The normalized spacial score (nSPS) is 12.7. The lowest BCUT2D eigenvalue weighted by molar-refractivity contribution is -0.139. The summed E-state index contributed by atoms with van der Waals surface area (Å²) in [5.74, 6) is 0.457. The van der Waals surface area contributed by atoms with Crippen molar-refractivity contribution in [2.45, 2.75) is 45.8 Å². The van der Waals surface area contributed by atoms with E-state index in [1.807, 2.05) is 19.9 Å². The molecule has 204 valence electrons. The molecule has 0 saturated heterocycles. The summed E-state index contributed by atoms with van der Waals surface area (Å²) in [5, 5.41) is 2.90. The molecule has 0 aliphatic rings. The third-order valence-electron chi connectivity index (χ3n) is 5.99. The molecule has 0 bridgehead atoms. The standard InChI is InChI=1S/C26H37N3O7S/c1-8-18(2)27-26(31)19(3)28(16-20-10-9-11-22(14-20)34-4)25(30)17-29(37(7,32)33)21-12-13-23(35-5)24(15-21)36-6/h9-15,18-19H,8,16-17H2,1-7H3,(H,27,31). The summed E-state index contributed by atoms with van der Waals surface area (Å²) in [6, 6.07) is 10.8. The van der Waals surface area contributed by atoms with Gasteiger partial charge in [-0.1, -0.05) is 19.1 Å². The van der Waals surface area contributed by atoms with Gasteiger partial charge in [0.05, 0.1) is 33.3 Å². The van der Waals surface area contributed by atoms with Crippen molar-refractivity contribution >= 4 is 27.5 Å². The predicted molar refractivity (Wildman–Crippen MR) is 143 cm³/mol. The molecule has 0 saturated carbocycles. The maximum atomic E-state index is 13.7. The Morgan fingerprint density at radius 1 is 0.973 bits per heavy atom. The molecular weight excluding hydrogens is 498 g/mol. The average molecular weight is 536 g/mol. The lowest BCUT2D eigenvalue weighted by Gasteiger charge is -2.32. The topological polar surface area (TPSA) is 114 Å². The van der Waals surface area contributed by atoms with Gasteiger partial charge in [-0.3, -0.25) is 13.9 Å². The lowest BCUT2D eigenvalue weighted by Crippen LogP contribution is -2.52. The van der Waals surface area contributed by atoms with E-state index in [2.05, 4.69) is 5.32 Å². The third kappa shape index (κ3) is 8.01. The molecule has 2 amide bonds. The van der Waals surface area contributed by atoms with Gasteiger partial charge in [-0.2, -0.15) is 0 Å². The Hall–Kier alpha value is -3.47. The van der Waals surface area contributed by atoms with Crippen LogP contribution in [0.25, 0.3) is 0 Å². The number of hydrogen-bond donors (Lipinski definition) is 1. The highest BCUT2D eigenvalue weighted by molar-refractivity contribution is 7.92. The lowest BCUT2D eigenvalue weighted by atomic mass is 10.1. The molecule has 1 N–H and O–H groups in total. The number of rotatable bonds is 13. The number of carbonyl (C=O) groups excluding carboxylic acids is 2. The number of sulfonamides is 1. The Kier molecular flexibility index (Phi) is 10.6. The second-order valence-corrected chi connectivity index (χ2v) is 10.6. The van der Waals surface area contributed by atoms with Crippen LogP contribution in [0.3, 0.4) is 0 Å². The summed E-state index contributed by atoms with van der Waals surface area (Å²) in [6.45, 7) is 5.01. The Labute approximate surface area is 219 Å². The highest BCUT2D eigenvalue weighted by atomic mass is 32.2. The summed E-state index contributed by atoms with van der Waals surface area (Å²) in [6.07, 6.45) is 1.74. The Bertz CT molecular complexity index is 1190. The first-order valence-corrected chi connectivity index (χ1v) is 13.7. The van der Waals surface area contributed by atoms with Gasteiger partial charge in [0, 0.05) is 18.7 Å². The first-order valence-electron chi connectivity index (χ1n) is 11.9. The zero-order chi connectivity index (χ0) is 27.8. The smallest absolute Gasteiger partial charge is 0.244 e. The molecule has 0 radical (unpaired) electrons. The molecule has 2 unspecified atom stereocenters. The van der Waals surface area contributed by atoms with Crippen LogP contribution in [0.2, 0.25) is 0 Å². The summed E-state index contributed by atoms with van der Waals surface area (Å²) >= 11 is 0. The van der Waals surface area contributed by atoms with E-state index in [-0.39, 0.29) is 24.2 Å². The van der Waals surface area contributed by atoms with Crippen LogP contribution in [0.5, 0.6) is 17.2 Å². The number of anilines is 1. The minimum atomic E-state index is -3.87. The van der Waals surface area contributed by atoms with Gasteiger partial charge in [0.15, 0.2) is 11.5 Å². The minimum absolute atomic E-state index is 0.0780. The fraction of sp³-hybridized carbons (Fsp3) is 0.462. The Balaban J connectivity index is 2.45. The van der Waals surface area contributed by atoms with Gasteiger partial charge in [0.1, 0.15) is 18.3 Å². The number of ether oxygens (including phenoxy) is 3. The van der Waals surface area contributed by atoms with Gasteiger partial charge in [-0.25, -0.2) is 8.42 Å². The van der Waals surface area contributed by atoms with E-state index >= 15 is 0 Å². The number of benzene rings is 2. The average Bonchev–Trinajstić information content (AvgIpc) is 2.88. The summed E-state index contributed by atoms with van der Waals surface area (Å²) < 4.78 is 42.3. The van der Waals surface area contributed by atoms with E-state index in [9.17, 15) is 18.0 Å². The molecule has 2 atom stereocenters. The van der Waals surface area contributed by atoms with Crippen molar-refractivity contribution in [3.63, 3.8) is 0 Å². The van der Waals surface area contributed by atoms with E-state index in [0.29, 0.717) is 17.2 Å². The molecule has 0 aliphatic carbocycles.